The van der Waals surface area contributed by atoms with Crippen molar-refractivity contribution < 1.29 is 14.3 Å². The van der Waals surface area contributed by atoms with Gasteiger partial charge in [-0.1, -0.05) is 53.5 Å². The normalized spacial score (nSPS) is 10.7. The zero-order valence-corrected chi connectivity index (χ0v) is 18.9. The van der Waals surface area contributed by atoms with E-state index in [4.69, 9.17) is 32.7 Å². The molecule has 31 heavy (non-hydrogen) atoms. The third kappa shape index (κ3) is 5.49. The molecule has 7 heteroatoms. The quantitative estimate of drug-likeness (QED) is 0.445. The number of hydrogen-bond donors (Lipinski definition) is 0. The van der Waals surface area contributed by atoms with Crippen LogP contribution in [-0.2, 0) is 30.5 Å². The lowest BCUT2D eigenvalue weighted by molar-refractivity contribution is 0.0600. The molecule has 0 saturated heterocycles. The second-order valence-electron chi connectivity index (χ2n) is 6.99. The largest absolute Gasteiger partial charge is 0.496 e. The van der Waals surface area contributed by atoms with Crippen LogP contribution in [0.25, 0.3) is 0 Å². The van der Waals surface area contributed by atoms with E-state index >= 15 is 0 Å². The van der Waals surface area contributed by atoms with Gasteiger partial charge in [-0.25, -0.2) is 4.79 Å². The van der Waals surface area contributed by atoms with Crippen LogP contribution in [0.2, 0.25) is 10.0 Å². The molecule has 0 unspecified atom stereocenters. The van der Waals surface area contributed by atoms with Gasteiger partial charge < -0.3 is 14.0 Å². The first kappa shape index (κ1) is 22.9. The SMILES string of the molecule is COC(=O)c1ccc(CCn2c(CCc3ccccc3OC)c(Cl)cc(Cl)c2=O)cc1. The summed E-state index contributed by atoms with van der Waals surface area (Å²) in [4.78, 5) is 24.4. The molecule has 1 heterocycles. The predicted octanol–water partition coefficient (Wildman–Crippen LogP) is 4.98. The maximum Gasteiger partial charge on any atom is 0.337 e. The van der Waals surface area contributed by atoms with Gasteiger partial charge in [0.1, 0.15) is 10.8 Å². The number of nitrogens with zero attached hydrogens (tertiary/aromatic N) is 1. The van der Waals surface area contributed by atoms with Gasteiger partial charge in [0.2, 0.25) is 0 Å². The molecule has 0 radical (unpaired) electrons. The van der Waals surface area contributed by atoms with E-state index in [1.807, 2.05) is 36.4 Å². The van der Waals surface area contributed by atoms with E-state index in [1.54, 1.807) is 23.8 Å². The van der Waals surface area contributed by atoms with Crippen molar-refractivity contribution in [3.8, 4) is 5.75 Å². The van der Waals surface area contributed by atoms with E-state index in [-0.39, 0.29) is 16.6 Å². The minimum Gasteiger partial charge on any atom is -0.496 e. The zero-order valence-electron chi connectivity index (χ0n) is 17.4. The molecule has 0 aliphatic rings. The second-order valence-corrected chi connectivity index (χ2v) is 7.81. The van der Waals surface area contributed by atoms with E-state index in [9.17, 15) is 9.59 Å². The predicted molar refractivity (Wildman–Crippen MR) is 123 cm³/mol. The Morgan fingerprint density at radius 2 is 1.65 bits per heavy atom. The van der Waals surface area contributed by atoms with Gasteiger partial charge >= 0.3 is 5.97 Å². The van der Waals surface area contributed by atoms with Gasteiger partial charge in [0.05, 0.1) is 24.8 Å². The molecule has 0 atom stereocenters. The number of aryl methyl sites for hydroxylation is 2. The lowest BCUT2D eigenvalue weighted by atomic mass is 10.1. The van der Waals surface area contributed by atoms with Crippen molar-refractivity contribution in [2.45, 2.75) is 25.8 Å². The van der Waals surface area contributed by atoms with Gasteiger partial charge in [0.25, 0.3) is 5.56 Å². The summed E-state index contributed by atoms with van der Waals surface area (Å²) in [6.45, 7) is 0.415. The number of ether oxygens (including phenoxy) is 2. The first-order valence-electron chi connectivity index (χ1n) is 9.81. The molecule has 0 amide bonds. The number of carbonyl (C=O) groups is 1. The van der Waals surface area contributed by atoms with Crippen LogP contribution in [0.4, 0.5) is 0 Å². The van der Waals surface area contributed by atoms with Crippen LogP contribution in [-0.4, -0.2) is 24.8 Å². The van der Waals surface area contributed by atoms with Crippen molar-refractivity contribution in [3.63, 3.8) is 0 Å². The summed E-state index contributed by atoms with van der Waals surface area (Å²) in [6, 6.07) is 16.4. The second kappa shape index (κ2) is 10.5. The Balaban J connectivity index is 1.82. The molecule has 0 fully saturated rings. The summed E-state index contributed by atoms with van der Waals surface area (Å²) in [7, 11) is 2.98. The van der Waals surface area contributed by atoms with E-state index in [0.29, 0.717) is 36.4 Å². The van der Waals surface area contributed by atoms with Gasteiger partial charge in [0, 0.05) is 12.2 Å². The molecule has 0 bridgehead atoms. The topological polar surface area (TPSA) is 57.5 Å². The highest BCUT2D eigenvalue weighted by Crippen LogP contribution is 2.24. The fourth-order valence-corrected chi connectivity index (χ4v) is 4.03. The molecule has 5 nitrogen and oxygen atoms in total. The van der Waals surface area contributed by atoms with Gasteiger partial charge in [-0.05, 0) is 54.7 Å². The molecule has 0 N–H and O–H groups in total. The van der Waals surface area contributed by atoms with Crippen LogP contribution in [0.15, 0.2) is 59.4 Å². The molecule has 2 aromatic carbocycles. The summed E-state index contributed by atoms with van der Waals surface area (Å²) in [5.74, 6) is 0.412. The maximum atomic E-state index is 12.8. The van der Waals surface area contributed by atoms with Gasteiger partial charge in [-0.3, -0.25) is 4.79 Å². The third-order valence-electron chi connectivity index (χ3n) is 5.13. The Hall–Kier alpha value is -2.76. The summed E-state index contributed by atoms with van der Waals surface area (Å²) >= 11 is 12.6. The Kier molecular flexibility index (Phi) is 7.77. The van der Waals surface area contributed by atoms with Gasteiger partial charge in [-0.2, -0.15) is 0 Å². The maximum absolute atomic E-state index is 12.8. The van der Waals surface area contributed by atoms with E-state index in [0.717, 1.165) is 22.6 Å². The highest BCUT2D eigenvalue weighted by Gasteiger charge is 2.14. The lowest BCUT2D eigenvalue weighted by Gasteiger charge is -2.16. The van der Waals surface area contributed by atoms with Crippen LogP contribution >= 0.6 is 23.2 Å². The van der Waals surface area contributed by atoms with E-state index in [2.05, 4.69) is 0 Å². The summed E-state index contributed by atoms with van der Waals surface area (Å²) in [5, 5.41) is 0.549. The molecule has 0 aliphatic carbocycles. The van der Waals surface area contributed by atoms with Crippen molar-refractivity contribution in [1.82, 2.24) is 4.57 Å². The standard InChI is InChI=1S/C24H23Cl2NO4/c1-30-22-6-4-3-5-17(22)11-12-21-19(25)15-20(26)23(28)27(21)14-13-16-7-9-18(10-8-16)24(29)31-2/h3-10,15H,11-14H2,1-2H3. The number of halogens is 2. The molecular weight excluding hydrogens is 437 g/mol. The monoisotopic (exact) mass is 459 g/mol. The van der Waals surface area contributed by atoms with Gasteiger partial charge in [-0.15, -0.1) is 0 Å². The Morgan fingerprint density at radius 3 is 2.32 bits per heavy atom. The molecule has 162 valence electrons. The minimum atomic E-state index is -0.386. The summed E-state index contributed by atoms with van der Waals surface area (Å²) in [6.07, 6.45) is 1.81. The molecule has 0 aliphatic heterocycles. The van der Waals surface area contributed by atoms with Crippen LogP contribution in [0.1, 0.15) is 27.2 Å². The highest BCUT2D eigenvalue weighted by molar-refractivity contribution is 6.34. The van der Waals surface area contributed by atoms with E-state index in [1.165, 1.54) is 13.2 Å². The Morgan fingerprint density at radius 1 is 0.935 bits per heavy atom. The van der Waals surface area contributed by atoms with Crippen molar-refractivity contribution in [2.24, 2.45) is 0 Å². The fraction of sp³-hybridized carbons (Fsp3) is 0.250. The number of esters is 1. The fourth-order valence-electron chi connectivity index (χ4n) is 3.46. The number of para-hydroxylation sites is 1. The first-order valence-corrected chi connectivity index (χ1v) is 10.6. The Bertz CT molecular complexity index is 1120. The van der Waals surface area contributed by atoms with Crippen molar-refractivity contribution in [3.05, 3.63) is 97.4 Å². The minimum absolute atomic E-state index is 0.0899. The number of pyridine rings is 1. The highest BCUT2D eigenvalue weighted by atomic mass is 35.5. The van der Waals surface area contributed by atoms with Gasteiger partial charge in [0.15, 0.2) is 0 Å². The molecule has 3 rings (SSSR count). The molecule has 3 aromatic rings. The van der Waals surface area contributed by atoms with Crippen LogP contribution < -0.4 is 10.3 Å². The zero-order chi connectivity index (χ0) is 22.4. The lowest BCUT2D eigenvalue weighted by Crippen LogP contribution is -2.25. The van der Waals surface area contributed by atoms with Crippen LogP contribution in [0.3, 0.4) is 0 Å². The Labute approximate surface area is 191 Å². The number of carbonyl (C=O) groups excluding carboxylic acids is 1. The number of aromatic nitrogens is 1. The average molecular weight is 460 g/mol. The number of methoxy groups -OCH3 is 2. The number of benzene rings is 2. The van der Waals surface area contributed by atoms with Crippen molar-refractivity contribution in [1.29, 1.82) is 0 Å². The van der Waals surface area contributed by atoms with E-state index < -0.39 is 0 Å². The summed E-state index contributed by atoms with van der Waals surface area (Å²) < 4.78 is 11.8. The molecule has 0 spiro atoms. The summed E-state index contributed by atoms with van der Waals surface area (Å²) in [5.41, 5.74) is 2.95. The number of rotatable bonds is 8. The average Bonchev–Trinajstić information content (AvgIpc) is 2.79. The smallest absolute Gasteiger partial charge is 0.337 e. The van der Waals surface area contributed by atoms with Crippen molar-refractivity contribution in [2.75, 3.05) is 14.2 Å². The first-order chi connectivity index (χ1) is 14.9. The molecule has 0 saturated carbocycles. The van der Waals surface area contributed by atoms with Crippen molar-refractivity contribution >= 4 is 29.2 Å². The molecule has 1 aromatic heterocycles. The third-order valence-corrected chi connectivity index (χ3v) is 5.73. The molecular formula is C24H23Cl2NO4. The van der Waals surface area contributed by atoms with Crippen LogP contribution in [0, 0.1) is 0 Å². The number of hydrogen-bond acceptors (Lipinski definition) is 4. The van der Waals surface area contributed by atoms with Crippen LogP contribution in [0.5, 0.6) is 5.75 Å².